The van der Waals surface area contributed by atoms with Gasteiger partial charge in [0.05, 0.1) is 10.5 Å². The summed E-state index contributed by atoms with van der Waals surface area (Å²) < 4.78 is 0. The van der Waals surface area contributed by atoms with Gasteiger partial charge in [-0.1, -0.05) is 13.0 Å². The summed E-state index contributed by atoms with van der Waals surface area (Å²) in [6, 6.07) is 4.73. The highest BCUT2D eigenvalue weighted by Crippen LogP contribution is 2.23. The topological polar surface area (TPSA) is 92.6 Å². The number of hydrogen-bond donors (Lipinski definition) is 2. The zero-order valence-electron chi connectivity index (χ0n) is 11.6. The number of nitrogens with zero attached hydrogens (tertiary/aromatic N) is 2. The van der Waals surface area contributed by atoms with Gasteiger partial charge in [0.1, 0.15) is 5.69 Å². The molecule has 6 nitrogen and oxygen atoms in total. The molecule has 1 aromatic carbocycles. The van der Waals surface area contributed by atoms with E-state index in [2.05, 4.69) is 4.90 Å². The standard InChI is InChI=1S/C13H21N3O3/c1-4-15(9-13(2,3)17)8-10-5-6-12(16(18)19)11(14)7-10/h5-7,17H,4,8-9,14H2,1-3H3. The molecule has 0 heterocycles. The summed E-state index contributed by atoms with van der Waals surface area (Å²) in [4.78, 5) is 12.2. The molecule has 0 aromatic heterocycles. The Labute approximate surface area is 113 Å². The summed E-state index contributed by atoms with van der Waals surface area (Å²) in [5.74, 6) is 0. The van der Waals surface area contributed by atoms with Crippen LogP contribution < -0.4 is 5.73 Å². The van der Waals surface area contributed by atoms with Crippen LogP contribution in [0.3, 0.4) is 0 Å². The van der Waals surface area contributed by atoms with E-state index < -0.39 is 10.5 Å². The van der Waals surface area contributed by atoms with Crippen molar-refractivity contribution in [3.63, 3.8) is 0 Å². The van der Waals surface area contributed by atoms with Crippen LogP contribution in [-0.2, 0) is 6.54 Å². The molecule has 0 atom stereocenters. The average Bonchev–Trinajstić information content (AvgIpc) is 2.25. The Kier molecular flexibility index (Phi) is 4.85. The van der Waals surface area contributed by atoms with E-state index in [1.54, 1.807) is 26.0 Å². The molecule has 0 fully saturated rings. The van der Waals surface area contributed by atoms with Crippen LogP contribution in [0.15, 0.2) is 18.2 Å². The third kappa shape index (κ3) is 4.84. The summed E-state index contributed by atoms with van der Waals surface area (Å²) in [5.41, 5.74) is 5.87. The molecular weight excluding hydrogens is 246 g/mol. The Hall–Kier alpha value is -1.66. The van der Waals surface area contributed by atoms with Gasteiger partial charge in [-0.3, -0.25) is 15.0 Å². The molecule has 3 N–H and O–H groups in total. The molecule has 0 unspecified atom stereocenters. The van der Waals surface area contributed by atoms with Crippen LogP contribution in [0.5, 0.6) is 0 Å². The highest BCUT2D eigenvalue weighted by Gasteiger charge is 2.18. The minimum Gasteiger partial charge on any atom is -0.393 e. The molecule has 0 amide bonds. The molecular formula is C13H21N3O3. The predicted molar refractivity (Wildman–Crippen MR) is 74.8 cm³/mol. The van der Waals surface area contributed by atoms with E-state index in [0.717, 1.165) is 12.1 Å². The molecule has 19 heavy (non-hydrogen) atoms. The number of nitro groups is 1. The van der Waals surface area contributed by atoms with Crippen LogP contribution in [-0.4, -0.2) is 33.6 Å². The van der Waals surface area contributed by atoms with Crippen molar-refractivity contribution in [1.82, 2.24) is 4.90 Å². The summed E-state index contributed by atoms with van der Waals surface area (Å²) in [7, 11) is 0. The zero-order valence-corrected chi connectivity index (χ0v) is 11.6. The molecule has 1 aromatic rings. The monoisotopic (exact) mass is 267 g/mol. The molecule has 0 bridgehead atoms. The molecule has 0 spiro atoms. The predicted octanol–water partition coefficient (Wildman–Crippen LogP) is 1.77. The van der Waals surface area contributed by atoms with Crippen LogP contribution in [0, 0.1) is 10.1 Å². The zero-order chi connectivity index (χ0) is 14.6. The number of benzene rings is 1. The van der Waals surface area contributed by atoms with Gasteiger partial charge in [-0.25, -0.2) is 0 Å². The summed E-state index contributed by atoms with van der Waals surface area (Å²) in [6.07, 6.45) is 0. The average molecular weight is 267 g/mol. The van der Waals surface area contributed by atoms with Crippen molar-refractivity contribution in [3.8, 4) is 0 Å². The highest BCUT2D eigenvalue weighted by molar-refractivity contribution is 5.59. The lowest BCUT2D eigenvalue weighted by Gasteiger charge is -2.28. The van der Waals surface area contributed by atoms with Crippen LogP contribution in [0.25, 0.3) is 0 Å². The second-order valence-corrected chi connectivity index (χ2v) is 5.27. The number of aliphatic hydroxyl groups is 1. The highest BCUT2D eigenvalue weighted by atomic mass is 16.6. The van der Waals surface area contributed by atoms with Crippen LogP contribution in [0.4, 0.5) is 11.4 Å². The Morgan fingerprint density at radius 1 is 1.47 bits per heavy atom. The number of anilines is 1. The SMILES string of the molecule is CCN(Cc1ccc([N+](=O)[O-])c(N)c1)CC(C)(C)O. The molecule has 0 saturated heterocycles. The molecule has 0 aliphatic heterocycles. The van der Waals surface area contributed by atoms with E-state index >= 15 is 0 Å². The first-order valence-corrected chi connectivity index (χ1v) is 6.20. The molecule has 0 saturated carbocycles. The maximum Gasteiger partial charge on any atom is 0.292 e. The van der Waals surface area contributed by atoms with Crippen molar-refractivity contribution < 1.29 is 10.0 Å². The summed E-state index contributed by atoms with van der Waals surface area (Å²) in [6.45, 7) is 7.41. The van der Waals surface area contributed by atoms with E-state index in [9.17, 15) is 15.2 Å². The number of hydrogen-bond acceptors (Lipinski definition) is 5. The van der Waals surface area contributed by atoms with E-state index in [4.69, 9.17) is 5.73 Å². The maximum atomic E-state index is 10.7. The van der Waals surface area contributed by atoms with Crippen molar-refractivity contribution >= 4 is 11.4 Å². The van der Waals surface area contributed by atoms with Crippen molar-refractivity contribution in [2.45, 2.75) is 32.9 Å². The molecule has 0 radical (unpaired) electrons. The Morgan fingerprint density at radius 3 is 2.53 bits per heavy atom. The molecule has 106 valence electrons. The second-order valence-electron chi connectivity index (χ2n) is 5.27. The minimum atomic E-state index is -0.775. The van der Waals surface area contributed by atoms with E-state index in [1.807, 2.05) is 6.92 Å². The van der Waals surface area contributed by atoms with E-state index in [1.165, 1.54) is 6.07 Å². The van der Waals surface area contributed by atoms with Crippen molar-refractivity contribution in [3.05, 3.63) is 33.9 Å². The second kappa shape index (κ2) is 5.99. The smallest absolute Gasteiger partial charge is 0.292 e. The van der Waals surface area contributed by atoms with Crippen molar-refractivity contribution in [1.29, 1.82) is 0 Å². The van der Waals surface area contributed by atoms with Gasteiger partial charge >= 0.3 is 0 Å². The molecule has 0 aliphatic rings. The van der Waals surface area contributed by atoms with E-state index in [-0.39, 0.29) is 11.4 Å². The van der Waals surface area contributed by atoms with Gasteiger partial charge in [-0.15, -0.1) is 0 Å². The Bertz CT molecular complexity index is 455. The van der Waals surface area contributed by atoms with Crippen LogP contribution >= 0.6 is 0 Å². The van der Waals surface area contributed by atoms with Gasteiger partial charge in [0, 0.05) is 19.2 Å². The van der Waals surface area contributed by atoms with Crippen LogP contribution in [0.1, 0.15) is 26.3 Å². The number of nitrogens with two attached hydrogens (primary N) is 1. The van der Waals surface area contributed by atoms with Gasteiger partial charge in [-0.2, -0.15) is 0 Å². The third-order valence-corrected chi connectivity index (χ3v) is 2.75. The normalized spacial score (nSPS) is 11.8. The number of nitrogen functional groups attached to an aromatic ring is 1. The fourth-order valence-corrected chi connectivity index (χ4v) is 1.95. The molecule has 6 heteroatoms. The number of rotatable bonds is 6. The lowest BCUT2D eigenvalue weighted by molar-refractivity contribution is -0.383. The molecule has 1 rings (SSSR count). The first kappa shape index (κ1) is 15.4. The van der Waals surface area contributed by atoms with Gasteiger partial charge in [0.15, 0.2) is 0 Å². The molecule has 0 aliphatic carbocycles. The first-order chi connectivity index (χ1) is 8.73. The van der Waals surface area contributed by atoms with Crippen LogP contribution in [0.2, 0.25) is 0 Å². The van der Waals surface area contributed by atoms with E-state index in [0.29, 0.717) is 13.1 Å². The van der Waals surface area contributed by atoms with Gasteiger partial charge in [0.2, 0.25) is 0 Å². The summed E-state index contributed by atoms with van der Waals surface area (Å²) in [5, 5.41) is 20.5. The third-order valence-electron chi connectivity index (χ3n) is 2.75. The fourth-order valence-electron chi connectivity index (χ4n) is 1.95. The van der Waals surface area contributed by atoms with Gasteiger partial charge in [0.25, 0.3) is 5.69 Å². The fraction of sp³-hybridized carbons (Fsp3) is 0.538. The minimum absolute atomic E-state index is 0.0747. The lowest BCUT2D eigenvalue weighted by Crippen LogP contribution is -2.38. The van der Waals surface area contributed by atoms with Crippen molar-refractivity contribution in [2.75, 3.05) is 18.8 Å². The first-order valence-electron chi connectivity index (χ1n) is 6.20. The largest absolute Gasteiger partial charge is 0.393 e. The Balaban J connectivity index is 2.81. The lowest BCUT2D eigenvalue weighted by atomic mass is 10.1. The van der Waals surface area contributed by atoms with Gasteiger partial charge < -0.3 is 10.8 Å². The van der Waals surface area contributed by atoms with Gasteiger partial charge in [-0.05, 0) is 32.0 Å². The number of nitro benzene ring substituents is 1. The Morgan fingerprint density at radius 2 is 2.11 bits per heavy atom. The summed E-state index contributed by atoms with van der Waals surface area (Å²) >= 11 is 0. The quantitative estimate of drug-likeness (QED) is 0.465. The maximum absolute atomic E-state index is 10.7. The van der Waals surface area contributed by atoms with Crippen molar-refractivity contribution in [2.24, 2.45) is 0 Å². The number of likely N-dealkylation sites (N-methyl/N-ethyl adjacent to an activating group) is 1.